The number of anilines is 1. The van der Waals surface area contributed by atoms with Crippen LogP contribution >= 0.6 is 0 Å². The fourth-order valence-corrected chi connectivity index (χ4v) is 2.70. The van der Waals surface area contributed by atoms with Crippen molar-refractivity contribution in [3.8, 4) is 0 Å². The first-order chi connectivity index (χ1) is 10.0. The first-order valence-electron chi connectivity index (χ1n) is 7.13. The van der Waals surface area contributed by atoms with Gasteiger partial charge in [-0.15, -0.1) is 0 Å². The van der Waals surface area contributed by atoms with Crippen molar-refractivity contribution in [3.05, 3.63) is 35.4 Å². The number of nitrogens with zero attached hydrogens (tertiary/aromatic N) is 3. The van der Waals surface area contributed by atoms with E-state index in [2.05, 4.69) is 21.8 Å². The molecular formula is C16H19N3O2. The Balaban J connectivity index is 2.09. The average molecular weight is 285 g/mol. The predicted octanol–water partition coefficient (Wildman–Crippen LogP) is 1.99. The SMILES string of the molecule is Cc1ccc2nc(N3CCN(C)CC3)c(C(=O)O)cc2c1. The molecule has 3 rings (SSSR count). The summed E-state index contributed by atoms with van der Waals surface area (Å²) in [5.41, 5.74) is 2.24. The molecule has 0 amide bonds. The van der Waals surface area contributed by atoms with Crippen LogP contribution in [0.2, 0.25) is 0 Å². The number of rotatable bonds is 2. The molecule has 1 aliphatic rings. The van der Waals surface area contributed by atoms with Gasteiger partial charge in [-0.2, -0.15) is 0 Å². The molecule has 0 unspecified atom stereocenters. The van der Waals surface area contributed by atoms with Crippen molar-refractivity contribution in [1.82, 2.24) is 9.88 Å². The number of carbonyl (C=O) groups is 1. The summed E-state index contributed by atoms with van der Waals surface area (Å²) in [7, 11) is 2.08. The van der Waals surface area contributed by atoms with E-state index in [4.69, 9.17) is 0 Å². The Kier molecular flexibility index (Phi) is 3.51. The van der Waals surface area contributed by atoms with Crippen molar-refractivity contribution < 1.29 is 9.90 Å². The topological polar surface area (TPSA) is 56.7 Å². The van der Waals surface area contributed by atoms with E-state index in [0.717, 1.165) is 42.6 Å². The molecule has 21 heavy (non-hydrogen) atoms. The molecule has 5 nitrogen and oxygen atoms in total. The molecule has 1 N–H and O–H groups in total. The van der Waals surface area contributed by atoms with Crippen LogP contribution in [-0.2, 0) is 0 Å². The van der Waals surface area contributed by atoms with Crippen LogP contribution in [-0.4, -0.2) is 54.2 Å². The number of fused-ring (bicyclic) bond motifs is 1. The Morgan fingerprint density at radius 2 is 1.90 bits per heavy atom. The molecule has 0 spiro atoms. The van der Waals surface area contributed by atoms with E-state index in [1.54, 1.807) is 6.07 Å². The van der Waals surface area contributed by atoms with Crippen LogP contribution in [0.25, 0.3) is 10.9 Å². The highest BCUT2D eigenvalue weighted by molar-refractivity contribution is 5.98. The van der Waals surface area contributed by atoms with Gasteiger partial charge < -0.3 is 14.9 Å². The van der Waals surface area contributed by atoms with Gasteiger partial charge in [-0.1, -0.05) is 11.6 Å². The number of benzene rings is 1. The second-order valence-electron chi connectivity index (χ2n) is 5.65. The fourth-order valence-electron chi connectivity index (χ4n) is 2.70. The number of hydrogen-bond acceptors (Lipinski definition) is 4. The third-order valence-corrected chi connectivity index (χ3v) is 3.98. The van der Waals surface area contributed by atoms with E-state index in [1.165, 1.54) is 0 Å². The molecule has 0 bridgehead atoms. The molecule has 5 heteroatoms. The molecule has 0 atom stereocenters. The zero-order chi connectivity index (χ0) is 15.0. The van der Waals surface area contributed by atoms with Gasteiger partial charge >= 0.3 is 5.97 Å². The van der Waals surface area contributed by atoms with Crippen LogP contribution < -0.4 is 4.90 Å². The van der Waals surface area contributed by atoms with Gasteiger partial charge in [0, 0.05) is 31.6 Å². The first kappa shape index (κ1) is 13.8. The van der Waals surface area contributed by atoms with Gasteiger partial charge in [0.05, 0.1) is 5.52 Å². The average Bonchev–Trinajstić information content (AvgIpc) is 2.46. The summed E-state index contributed by atoms with van der Waals surface area (Å²) in [5, 5.41) is 10.4. The molecule has 2 heterocycles. The van der Waals surface area contributed by atoms with E-state index >= 15 is 0 Å². The first-order valence-corrected chi connectivity index (χ1v) is 7.13. The number of pyridine rings is 1. The van der Waals surface area contributed by atoms with Crippen LogP contribution in [0, 0.1) is 6.92 Å². The number of aromatic carboxylic acids is 1. The second-order valence-corrected chi connectivity index (χ2v) is 5.65. The van der Waals surface area contributed by atoms with Crippen molar-refractivity contribution >= 4 is 22.7 Å². The van der Waals surface area contributed by atoms with Crippen molar-refractivity contribution in [2.24, 2.45) is 0 Å². The summed E-state index contributed by atoms with van der Waals surface area (Å²) in [6.45, 7) is 5.45. The van der Waals surface area contributed by atoms with E-state index in [0.29, 0.717) is 5.82 Å². The molecule has 1 aliphatic heterocycles. The standard InChI is InChI=1S/C16H19N3O2/c1-11-3-4-14-12(9-11)10-13(16(20)21)15(17-14)19-7-5-18(2)6-8-19/h3-4,9-10H,5-8H2,1-2H3,(H,20,21). The minimum atomic E-state index is -0.917. The maximum atomic E-state index is 11.6. The van der Waals surface area contributed by atoms with Gasteiger partial charge in [-0.05, 0) is 32.2 Å². The third-order valence-electron chi connectivity index (χ3n) is 3.98. The zero-order valence-electron chi connectivity index (χ0n) is 12.3. The third kappa shape index (κ3) is 2.69. The molecule has 1 aromatic heterocycles. The van der Waals surface area contributed by atoms with E-state index in [1.807, 2.05) is 25.1 Å². The lowest BCUT2D eigenvalue weighted by molar-refractivity contribution is 0.0697. The molecule has 0 radical (unpaired) electrons. The molecular weight excluding hydrogens is 266 g/mol. The zero-order valence-corrected chi connectivity index (χ0v) is 12.3. The monoisotopic (exact) mass is 285 g/mol. The van der Waals surface area contributed by atoms with E-state index < -0.39 is 5.97 Å². The van der Waals surface area contributed by atoms with Crippen molar-refractivity contribution in [3.63, 3.8) is 0 Å². The van der Waals surface area contributed by atoms with Crippen LogP contribution in [0.15, 0.2) is 24.3 Å². The number of piperazine rings is 1. The summed E-state index contributed by atoms with van der Waals surface area (Å²) in [4.78, 5) is 20.5. The molecule has 0 saturated carbocycles. The van der Waals surface area contributed by atoms with Gasteiger partial charge in [0.2, 0.25) is 0 Å². The van der Waals surface area contributed by atoms with E-state index in [9.17, 15) is 9.90 Å². The smallest absolute Gasteiger partial charge is 0.339 e. The number of aryl methyl sites for hydroxylation is 1. The summed E-state index contributed by atoms with van der Waals surface area (Å²) in [6.07, 6.45) is 0. The molecule has 2 aromatic rings. The number of likely N-dealkylation sites (N-methyl/N-ethyl adjacent to an activating group) is 1. The van der Waals surface area contributed by atoms with Crippen molar-refractivity contribution in [2.75, 3.05) is 38.1 Å². The largest absolute Gasteiger partial charge is 0.478 e. The maximum Gasteiger partial charge on any atom is 0.339 e. The predicted molar refractivity (Wildman–Crippen MR) is 83.1 cm³/mol. The lowest BCUT2D eigenvalue weighted by Gasteiger charge is -2.34. The molecule has 0 aliphatic carbocycles. The summed E-state index contributed by atoms with van der Waals surface area (Å²) in [6, 6.07) is 7.67. The highest BCUT2D eigenvalue weighted by atomic mass is 16.4. The van der Waals surface area contributed by atoms with E-state index in [-0.39, 0.29) is 5.56 Å². The Morgan fingerprint density at radius 1 is 1.19 bits per heavy atom. The van der Waals surface area contributed by atoms with Crippen LogP contribution in [0.5, 0.6) is 0 Å². The normalized spacial score (nSPS) is 16.4. The summed E-state index contributed by atoms with van der Waals surface area (Å²) < 4.78 is 0. The number of hydrogen-bond donors (Lipinski definition) is 1. The highest BCUT2D eigenvalue weighted by Crippen LogP contribution is 2.25. The Hall–Kier alpha value is -2.14. The van der Waals surface area contributed by atoms with Crippen LogP contribution in [0.1, 0.15) is 15.9 Å². The van der Waals surface area contributed by atoms with Gasteiger partial charge in [-0.3, -0.25) is 0 Å². The van der Waals surface area contributed by atoms with Gasteiger partial charge in [0.15, 0.2) is 0 Å². The lowest BCUT2D eigenvalue weighted by atomic mass is 10.1. The lowest BCUT2D eigenvalue weighted by Crippen LogP contribution is -2.45. The second kappa shape index (κ2) is 5.33. The Labute approximate surface area is 123 Å². The number of aromatic nitrogens is 1. The minimum absolute atomic E-state index is 0.289. The maximum absolute atomic E-state index is 11.6. The minimum Gasteiger partial charge on any atom is -0.478 e. The highest BCUT2D eigenvalue weighted by Gasteiger charge is 2.22. The molecule has 110 valence electrons. The fraction of sp³-hybridized carbons (Fsp3) is 0.375. The van der Waals surface area contributed by atoms with Gasteiger partial charge in [-0.25, -0.2) is 9.78 Å². The number of carboxylic acid groups (broad SMARTS) is 1. The summed E-state index contributed by atoms with van der Waals surface area (Å²) in [5.74, 6) is -0.327. The Bertz CT molecular complexity index is 691. The van der Waals surface area contributed by atoms with Gasteiger partial charge in [0.1, 0.15) is 11.4 Å². The summed E-state index contributed by atoms with van der Waals surface area (Å²) >= 11 is 0. The van der Waals surface area contributed by atoms with Crippen molar-refractivity contribution in [2.45, 2.75) is 6.92 Å². The molecule has 1 fully saturated rings. The molecule has 1 aromatic carbocycles. The molecule has 1 saturated heterocycles. The van der Waals surface area contributed by atoms with Gasteiger partial charge in [0.25, 0.3) is 0 Å². The Morgan fingerprint density at radius 3 is 2.57 bits per heavy atom. The number of carboxylic acids is 1. The van der Waals surface area contributed by atoms with Crippen molar-refractivity contribution in [1.29, 1.82) is 0 Å². The quantitative estimate of drug-likeness (QED) is 0.914. The van der Waals surface area contributed by atoms with Crippen LogP contribution in [0.3, 0.4) is 0 Å². The van der Waals surface area contributed by atoms with Crippen LogP contribution in [0.4, 0.5) is 5.82 Å².